The van der Waals surface area contributed by atoms with Gasteiger partial charge in [-0.1, -0.05) is 24.8 Å². The highest BCUT2D eigenvalue weighted by molar-refractivity contribution is 7.98. The number of thiazole rings is 1. The molecule has 0 aromatic carbocycles. The summed E-state index contributed by atoms with van der Waals surface area (Å²) >= 11 is 4.85. The molecule has 0 radical (unpaired) electrons. The smallest absolute Gasteiger partial charge is 0.277 e. The maximum atomic E-state index is 5.63. The van der Waals surface area contributed by atoms with Gasteiger partial charge in [-0.05, 0) is 24.3 Å². The third kappa shape index (κ3) is 3.28. The van der Waals surface area contributed by atoms with E-state index in [1.165, 1.54) is 16.8 Å². The minimum Gasteiger partial charge on any atom is -0.410 e. The van der Waals surface area contributed by atoms with E-state index in [-0.39, 0.29) is 0 Å². The van der Waals surface area contributed by atoms with E-state index in [1.807, 2.05) is 17.5 Å². The number of nitrogens with zero attached hydrogens (tertiary/aromatic N) is 3. The molecule has 0 spiro atoms. The van der Waals surface area contributed by atoms with Crippen LogP contribution in [0.5, 0.6) is 0 Å². The Morgan fingerprint density at radius 3 is 3.05 bits per heavy atom. The molecule has 3 heterocycles. The molecule has 0 amide bonds. The van der Waals surface area contributed by atoms with Crippen molar-refractivity contribution in [3.63, 3.8) is 0 Å². The van der Waals surface area contributed by atoms with Crippen molar-refractivity contribution in [3.8, 4) is 10.8 Å². The van der Waals surface area contributed by atoms with Crippen LogP contribution < -0.4 is 0 Å². The first-order chi connectivity index (χ1) is 9.85. The van der Waals surface area contributed by atoms with Crippen LogP contribution in [0.4, 0.5) is 0 Å². The molecule has 3 aromatic rings. The number of rotatable bonds is 6. The minimum absolute atomic E-state index is 0.590. The molecule has 0 atom stereocenters. The molecule has 0 unspecified atom stereocenters. The van der Waals surface area contributed by atoms with E-state index in [0.717, 1.165) is 29.2 Å². The van der Waals surface area contributed by atoms with Crippen molar-refractivity contribution >= 4 is 34.4 Å². The highest BCUT2D eigenvalue weighted by atomic mass is 32.2. The van der Waals surface area contributed by atoms with E-state index in [1.54, 1.807) is 22.7 Å². The molecular weight excluding hydrogens is 310 g/mol. The van der Waals surface area contributed by atoms with Crippen molar-refractivity contribution in [2.75, 3.05) is 0 Å². The second kappa shape index (κ2) is 6.51. The van der Waals surface area contributed by atoms with Crippen LogP contribution >= 0.6 is 34.4 Å². The summed E-state index contributed by atoms with van der Waals surface area (Å²) in [6, 6.07) is 3.95. The van der Waals surface area contributed by atoms with Gasteiger partial charge in [0.2, 0.25) is 0 Å². The van der Waals surface area contributed by atoms with Crippen LogP contribution in [0.1, 0.15) is 24.0 Å². The van der Waals surface area contributed by atoms with Crippen molar-refractivity contribution in [2.24, 2.45) is 0 Å². The molecule has 0 fully saturated rings. The van der Waals surface area contributed by atoms with Gasteiger partial charge >= 0.3 is 0 Å². The molecule has 0 aliphatic rings. The first-order valence-corrected chi connectivity index (χ1v) is 9.03. The summed E-state index contributed by atoms with van der Waals surface area (Å²) in [7, 11) is 0. The monoisotopic (exact) mass is 323 g/mol. The normalized spacial score (nSPS) is 11.1. The number of hydrogen-bond donors (Lipinski definition) is 0. The van der Waals surface area contributed by atoms with Crippen LogP contribution in [0, 0.1) is 0 Å². The largest absolute Gasteiger partial charge is 0.410 e. The molecule has 0 aliphatic heterocycles. The van der Waals surface area contributed by atoms with Crippen molar-refractivity contribution < 1.29 is 4.42 Å². The van der Waals surface area contributed by atoms with Gasteiger partial charge in [0.25, 0.3) is 11.1 Å². The molecule has 0 saturated carbocycles. The predicted molar refractivity (Wildman–Crippen MR) is 83.3 cm³/mol. The molecule has 0 N–H and O–H groups in total. The van der Waals surface area contributed by atoms with E-state index in [2.05, 4.69) is 27.5 Å². The van der Waals surface area contributed by atoms with Crippen LogP contribution in [0.2, 0.25) is 0 Å². The minimum atomic E-state index is 0.590. The second-order valence-electron chi connectivity index (χ2n) is 4.12. The summed E-state index contributed by atoms with van der Waals surface area (Å²) < 4.78 is 5.63. The lowest BCUT2D eigenvalue weighted by Gasteiger charge is -1.92. The molecule has 0 bridgehead atoms. The van der Waals surface area contributed by atoms with Crippen LogP contribution in [-0.2, 0) is 12.2 Å². The second-order valence-corrected chi connectivity index (χ2v) is 6.94. The number of aromatic nitrogens is 3. The van der Waals surface area contributed by atoms with Gasteiger partial charge < -0.3 is 4.42 Å². The zero-order chi connectivity index (χ0) is 13.8. The molecule has 104 valence electrons. The first-order valence-electron chi connectivity index (χ1n) is 6.28. The van der Waals surface area contributed by atoms with E-state index in [4.69, 9.17) is 4.42 Å². The maximum absolute atomic E-state index is 5.63. The molecule has 0 saturated heterocycles. The third-order valence-corrected chi connectivity index (χ3v) is 5.21. The van der Waals surface area contributed by atoms with Gasteiger partial charge in [0, 0.05) is 11.1 Å². The topological polar surface area (TPSA) is 51.8 Å². The Morgan fingerprint density at radius 2 is 2.25 bits per heavy atom. The number of hydrogen-bond acceptors (Lipinski definition) is 7. The summed E-state index contributed by atoms with van der Waals surface area (Å²) in [4.78, 5) is 5.58. The van der Waals surface area contributed by atoms with Crippen molar-refractivity contribution in [3.05, 3.63) is 33.6 Å². The Labute approximate surface area is 129 Å². The van der Waals surface area contributed by atoms with E-state index in [0.29, 0.717) is 11.1 Å². The lowest BCUT2D eigenvalue weighted by atomic mass is 10.3. The number of thioether (sulfide) groups is 1. The SMILES string of the molecule is CCCc1nc(CSc2nnc(-c3cccs3)o2)cs1. The maximum Gasteiger partial charge on any atom is 0.277 e. The number of thiophene rings is 1. The van der Waals surface area contributed by atoms with E-state index >= 15 is 0 Å². The summed E-state index contributed by atoms with van der Waals surface area (Å²) in [6.45, 7) is 2.17. The Kier molecular flexibility index (Phi) is 4.49. The molecule has 7 heteroatoms. The molecule has 4 nitrogen and oxygen atoms in total. The van der Waals surface area contributed by atoms with Crippen molar-refractivity contribution in [1.82, 2.24) is 15.2 Å². The zero-order valence-corrected chi connectivity index (χ0v) is 13.4. The predicted octanol–water partition coefficient (Wildman–Crippen LogP) is 4.50. The Morgan fingerprint density at radius 1 is 1.30 bits per heavy atom. The van der Waals surface area contributed by atoms with Gasteiger partial charge in [-0.15, -0.1) is 32.9 Å². The van der Waals surface area contributed by atoms with Gasteiger partial charge in [0.05, 0.1) is 15.6 Å². The fourth-order valence-corrected chi connectivity index (χ4v) is 3.95. The third-order valence-electron chi connectivity index (χ3n) is 2.55. The summed E-state index contributed by atoms with van der Waals surface area (Å²) in [5.41, 5.74) is 1.08. The molecular formula is C13H13N3OS3. The van der Waals surface area contributed by atoms with Gasteiger partial charge in [-0.25, -0.2) is 4.98 Å². The van der Waals surface area contributed by atoms with Crippen LogP contribution in [0.25, 0.3) is 10.8 Å². The van der Waals surface area contributed by atoms with Gasteiger partial charge in [0.1, 0.15) is 0 Å². The molecule has 0 aliphatic carbocycles. The first kappa shape index (κ1) is 13.8. The Balaban J connectivity index is 1.60. The fourth-order valence-electron chi connectivity index (χ4n) is 1.65. The fraction of sp³-hybridized carbons (Fsp3) is 0.308. The summed E-state index contributed by atoms with van der Waals surface area (Å²) in [5.74, 6) is 1.36. The average molecular weight is 323 g/mol. The molecule has 3 rings (SSSR count). The standard InChI is InChI=1S/C13H13N3OS3/c1-2-4-11-14-9(7-19-11)8-20-13-16-15-12(17-13)10-5-3-6-18-10/h3,5-7H,2,4,8H2,1H3. The van der Waals surface area contributed by atoms with Crippen molar-refractivity contribution in [1.29, 1.82) is 0 Å². The lowest BCUT2D eigenvalue weighted by Crippen LogP contribution is -1.84. The lowest BCUT2D eigenvalue weighted by molar-refractivity contribution is 0.466. The molecule has 20 heavy (non-hydrogen) atoms. The van der Waals surface area contributed by atoms with E-state index in [9.17, 15) is 0 Å². The molecule has 3 aromatic heterocycles. The quantitative estimate of drug-likeness (QED) is 0.625. The van der Waals surface area contributed by atoms with E-state index < -0.39 is 0 Å². The Hall–Kier alpha value is -1.18. The van der Waals surface area contributed by atoms with Crippen LogP contribution in [0.3, 0.4) is 0 Å². The highest BCUT2D eigenvalue weighted by Crippen LogP contribution is 2.28. The summed E-state index contributed by atoms with van der Waals surface area (Å²) in [6.07, 6.45) is 2.19. The van der Waals surface area contributed by atoms with Gasteiger partial charge in [-0.3, -0.25) is 0 Å². The van der Waals surface area contributed by atoms with Crippen LogP contribution in [-0.4, -0.2) is 15.2 Å². The average Bonchev–Trinajstić information content (AvgIpc) is 3.18. The van der Waals surface area contributed by atoms with Gasteiger partial charge in [-0.2, -0.15) is 0 Å². The Bertz CT molecular complexity index is 660. The zero-order valence-electron chi connectivity index (χ0n) is 10.9. The number of aryl methyl sites for hydroxylation is 1. The summed E-state index contributed by atoms with van der Waals surface area (Å²) in [5, 5.41) is 14.0. The van der Waals surface area contributed by atoms with Crippen LogP contribution in [0.15, 0.2) is 32.5 Å². The van der Waals surface area contributed by atoms with Gasteiger partial charge in [0.15, 0.2) is 0 Å². The highest BCUT2D eigenvalue weighted by Gasteiger charge is 2.10. The van der Waals surface area contributed by atoms with Crippen molar-refractivity contribution in [2.45, 2.75) is 30.7 Å².